The van der Waals surface area contributed by atoms with E-state index in [2.05, 4.69) is 34.3 Å². The summed E-state index contributed by atoms with van der Waals surface area (Å²) in [6.45, 7) is 4.51. The molecular weight excluding hydrogens is 578 g/mol. The van der Waals surface area contributed by atoms with Gasteiger partial charge in [0.2, 0.25) is 18.2 Å². The molecule has 3 heterocycles. The molecule has 3 aliphatic carbocycles. The maximum atomic E-state index is 16.0. The SMILES string of the molecule is CC1(C)CCC2(CC1)C[C@@H](C(=O)CC1CC(c3nnco3)C1)[C@H](c1ccnc(Cl)c1F)[C@]21C(=O)Nc2cc(Cl)ccc21. The molecule has 1 amide bonds. The standard InChI is InChI=1S/C32H33Cl2FN4O3/c1-30(2)6-8-31(9-7-30)15-21(24(40)13-17-11-18(12-17)28-39-37-16-42-28)25(20-5-10-36-27(34)26(20)35)32(31)22-4-3-19(33)14-23(22)38-29(32)41/h3-5,10,14,16-18,21,25H,6-9,11-13,15H2,1-2H3,(H,38,41)/t17?,18?,21-,25-,32+/m0/s1. The summed E-state index contributed by atoms with van der Waals surface area (Å²) < 4.78 is 21.4. The molecule has 0 bridgehead atoms. The van der Waals surface area contributed by atoms with Gasteiger partial charge in [-0.25, -0.2) is 9.37 Å². The van der Waals surface area contributed by atoms with Crippen LogP contribution in [-0.4, -0.2) is 26.9 Å². The number of fused-ring (bicyclic) bond motifs is 3. The predicted octanol–water partition coefficient (Wildman–Crippen LogP) is 7.64. The third-order valence-corrected chi connectivity index (χ3v) is 11.5. The fourth-order valence-electron chi connectivity index (χ4n) is 8.80. The first-order valence-corrected chi connectivity index (χ1v) is 15.5. The zero-order valence-corrected chi connectivity index (χ0v) is 25.1. The van der Waals surface area contributed by atoms with Crippen molar-refractivity contribution >= 4 is 40.6 Å². The van der Waals surface area contributed by atoms with Crippen LogP contribution in [0.4, 0.5) is 10.1 Å². The van der Waals surface area contributed by atoms with Crippen LogP contribution in [0.2, 0.25) is 10.2 Å². The van der Waals surface area contributed by atoms with E-state index < -0.39 is 28.5 Å². The zero-order valence-electron chi connectivity index (χ0n) is 23.6. The first-order valence-electron chi connectivity index (χ1n) is 14.7. The second-order valence-corrected chi connectivity index (χ2v) is 14.5. The molecule has 4 aliphatic rings. The monoisotopic (exact) mass is 610 g/mol. The van der Waals surface area contributed by atoms with Crippen molar-refractivity contribution in [3.8, 4) is 0 Å². The molecular formula is C32H33Cl2FN4O3. The number of hydrogen-bond acceptors (Lipinski definition) is 6. The smallest absolute Gasteiger partial charge is 0.236 e. The molecule has 1 N–H and O–H groups in total. The van der Waals surface area contributed by atoms with E-state index in [-0.39, 0.29) is 39.7 Å². The Bertz CT molecular complexity index is 1560. The summed E-state index contributed by atoms with van der Waals surface area (Å²) >= 11 is 12.6. The molecule has 0 saturated heterocycles. The van der Waals surface area contributed by atoms with Gasteiger partial charge in [-0.2, -0.15) is 0 Å². The van der Waals surface area contributed by atoms with Gasteiger partial charge in [0.1, 0.15) is 5.78 Å². The molecule has 7 nitrogen and oxygen atoms in total. The van der Waals surface area contributed by atoms with E-state index >= 15 is 4.39 Å². The summed E-state index contributed by atoms with van der Waals surface area (Å²) in [7, 11) is 0. The Morgan fingerprint density at radius 1 is 1.14 bits per heavy atom. The van der Waals surface area contributed by atoms with Gasteiger partial charge in [0.25, 0.3) is 0 Å². The summed E-state index contributed by atoms with van der Waals surface area (Å²) in [5, 5.41) is 11.2. The maximum absolute atomic E-state index is 16.0. The van der Waals surface area contributed by atoms with E-state index in [1.165, 1.54) is 12.6 Å². The molecule has 42 heavy (non-hydrogen) atoms. The minimum Gasteiger partial charge on any atom is -0.428 e. The van der Waals surface area contributed by atoms with Crippen molar-refractivity contribution in [3.63, 3.8) is 0 Å². The van der Waals surface area contributed by atoms with Crippen LogP contribution < -0.4 is 5.32 Å². The van der Waals surface area contributed by atoms with Crippen molar-refractivity contribution in [1.29, 1.82) is 0 Å². The molecule has 2 spiro atoms. The van der Waals surface area contributed by atoms with Gasteiger partial charge in [-0.15, -0.1) is 10.2 Å². The molecule has 1 aliphatic heterocycles. The highest BCUT2D eigenvalue weighted by molar-refractivity contribution is 6.31. The number of anilines is 1. The number of pyridine rings is 1. The maximum Gasteiger partial charge on any atom is 0.236 e. The van der Waals surface area contributed by atoms with Crippen LogP contribution in [0.25, 0.3) is 0 Å². The van der Waals surface area contributed by atoms with Gasteiger partial charge in [-0.05, 0) is 91.0 Å². The first-order chi connectivity index (χ1) is 20.0. The van der Waals surface area contributed by atoms with Crippen LogP contribution in [0.5, 0.6) is 0 Å². The third-order valence-electron chi connectivity index (χ3n) is 11.0. The minimum atomic E-state index is -1.15. The molecule has 220 valence electrons. The highest BCUT2D eigenvalue weighted by atomic mass is 35.5. The first kappa shape index (κ1) is 28.0. The molecule has 3 aromatic rings. The van der Waals surface area contributed by atoms with E-state index in [0.29, 0.717) is 29.4 Å². The quantitative estimate of drug-likeness (QED) is 0.298. The van der Waals surface area contributed by atoms with Crippen LogP contribution in [0.15, 0.2) is 41.3 Å². The number of carbonyl (C=O) groups is 2. The van der Waals surface area contributed by atoms with Crippen LogP contribution >= 0.6 is 23.2 Å². The van der Waals surface area contributed by atoms with Crippen LogP contribution in [-0.2, 0) is 15.0 Å². The van der Waals surface area contributed by atoms with Crippen molar-refractivity contribution < 1.29 is 18.4 Å². The number of nitrogens with one attached hydrogen (secondary N) is 1. The molecule has 10 heteroatoms. The van der Waals surface area contributed by atoms with E-state index in [1.54, 1.807) is 18.2 Å². The summed E-state index contributed by atoms with van der Waals surface area (Å²) in [6.07, 6.45) is 8.59. The Balaban J connectivity index is 1.35. The lowest BCUT2D eigenvalue weighted by Crippen LogP contribution is -2.52. The van der Waals surface area contributed by atoms with E-state index in [4.69, 9.17) is 27.6 Å². The van der Waals surface area contributed by atoms with Gasteiger partial charge in [0.15, 0.2) is 11.0 Å². The predicted molar refractivity (Wildman–Crippen MR) is 156 cm³/mol. The van der Waals surface area contributed by atoms with Crippen LogP contribution in [0.1, 0.15) is 94.1 Å². The van der Waals surface area contributed by atoms with Crippen molar-refractivity contribution in [2.24, 2.45) is 22.7 Å². The number of aromatic nitrogens is 3. The molecule has 3 saturated carbocycles. The normalized spacial score (nSPS) is 30.7. The molecule has 7 rings (SSSR count). The van der Waals surface area contributed by atoms with Crippen molar-refractivity contribution in [2.75, 3.05) is 5.32 Å². The number of benzene rings is 1. The molecule has 3 atom stereocenters. The number of halogens is 3. The largest absolute Gasteiger partial charge is 0.428 e. The lowest BCUT2D eigenvalue weighted by atomic mass is 9.51. The number of carbonyl (C=O) groups excluding carboxylic acids is 2. The van der Waals surface area contributed by atoms with E-state index in [0.717, 1.165) is 44.1 Å². The lowest BCUT2D eigenvalue weighted by Gasteiger charge is -2.51. The summed E-state index contributed by atoms with van der Waals surface area (Å²) in [4.78, 5) is 32.9. The number of amides is 1. The Morgan fingerprint density at radius 2 is 1.90 bits per heavy atom. The second-order valence-electron chi connectivity index (χ2n) is 13.7. The molecule has 2 aromatic heterocycles. The van der Waals surface area contributed by atoms with Gasteiger partial charge in [0, 0.05) is 41.1 Å². The number of Topliss-reactive ketones (excluding diaryl/α,β-unsaturated/α-hetero) is 1. The average molecular weight is 612 g/mol. The van der Waals surface area contributed by atoms with E-state index in [9.17, 15) is 9.59 Å². The Morgan fingerprint density at radius 3 is 2.62 bits per heavy atom. The van der Waals surface area contributed by atoms with Crippen molar-refractivity contribution in [2.45, 2.75) is 82.5 Å². The topological polar surface area (TPSA) is 98.0 Å². The highest BCUT2D eigenvalue weighted by Gasteiger charge is 2.72. The Hall–Kier alpha value is -2.84. The molecule has 0 radical (unpaired) electrons. The Kier molecular flexibility index (Phi) is 6.55. The zero-order chi connectivity index (χ0) is 29.4. The second kappa shape index (κ2) is 9.84. The molecule has 0 unspecified atom stereocenters. The summed E-state index contributed by atoms with van der Waals surface area (Å²) in [6, 6.07) is 7.06. The lowest BCUT2D eigenvalue weighted by molar-refractivity contribution is -0.127. The van der Waals surface area contributed by atoms with Gasteiger partial charge in [0.05, 0.1) is 5.41 Å². The number of nitrogens with zero attached hydrogens (tertiary/aromatic N) is 3. The molecule has 1 aromatic carbocycles. The fraction of sp³-hybridized carbons (Fsp3) is 0.531. The van der Waals surface area contributed by atoms with Gasteiger partial charge in [-0.3, -0.25) is 9.59 Å². The summed E-state index contributed by atoms with van der Waals surface area (Å²) in [5.41, 5.74) is 0.140. The van der Waals surface area contributed by atoms with Crippen molar-refractivity contribution in [1.82, 2.24) is 15.2 Å². The molecule has 3 fully saturated rings. The number of ketones is 1. The Labute approximate surface area is 254 Å². The van der Waals surface area contributed by atoms with Gasteiger partial charge < -0.3 is 9.73 Å². The summed E-state index contributed by atoms with van der Waals surface area (Å²) in [5.74, 6) is -1.16. The number of rotatable bonds is 5. The van der Waals surface area contributed by atoms with Crippen molar-refractivity contribution in [3.05, 3.63) is 69.9 Å². The van der Waals surface area contributed by atoms with Gasteiger partial charge in [-0.1, -0.05) is 43.1 Å². The third kappa shape index (κ3) is 4.08. The number of hydrogen-bond donors (Lipinski definition) is 1. The average Bonchev–Trinajstić information content (AvgIpc) is 3.62. The fourth-order valence-corrected chi connectivity index (χ4v) is 9.14. The van der Waals surface area contributed by atoms with Crippen LogP contribution in [0, 0.1) is 28.5 Å². The van der Waals surface area contributed by atoms with E-state index in [1.807, 2.05) is 6.07 Å². The highest BCUT2D eigenvalue weighted by Crippen LogP contribution is 2.72. The van der Waals surface area contributed by atoms with Crippen LogP contribution in [0.3, 0.4) is 0 Å². The minimum absolute atomic E-state index is 0.0672. The van der Waals surface area contributed by atoms with Gasteiger partial charge >= 0.3 is 0 Å².